The van der Waals surface area contributed by atoms with Crippen molar-refractivity contribution < 1.29 is 14.3 Å². The number of methoxy groups -OCH3 is 1. The molecule has 1 aliphatic rings. The van der Waals surface area contributed by atoms with E-state index in [0.29, 0.717) is 23.5 Å². The lowest BCUT2D eigenvalue weighted by Gasteiger charge is -2.26. The van der Waals surface area contributed by atoms with Crippen molar-refractivity contribution in [3.05, 3.63) is 22.5 Å². The third kappa shape index (κ3) is 4.21. The van der Waals surface area contributed by atoms with Crippen LogP contribution in [0.4, 0.5) is 0 Å². The number of esters is 1. The van der Waals surface area contributed by atoms with Gasteiger partial charge in [0.1, 0.15) is 0 Å². The molecule has 1 saturated carbocycles. The summed E-state index contributed by atoms with van der Waals surface area (Å²) in [5.41, 5.74) is 2.60. The number of aldehydes is 1. The summed E-state index contributed by atoms with van der Waals surface area (Å²) in [5.74, 6) is 1.03. The Kier molecular flexibility index (Phi) is 7.36. The van der Waals surface area contributed by atoms with E-state index in [4.69, 9.17) is 4.74 Å². The molecule has 0 saturated heterocycles. The van der Waals surface area contributed by atoms with E-state index >= 15 is 0 Å². The number of aromatic nitrogens is 1. The molecule has 4 nitrogen and oxygen atoms in total. The zero-order valence-corrected chi connectivity index (χ0v) is 14.5. The van der Waals surface area contributed by atoms with Crippen molar-refractivity contribution in [2.75, 3.05) is 7.11 Å². The Labute approximate surface area is 133 Å². The van der Waals surface area contributed by atoms with Crippen LogP contribution in [0.2, 0.25) is 0 Å². The van der Waals surface area contributed by atoms with Gasteiger partial charge in [-0.15, -0.1) is 0 Å². The lowest BCUT2D eigenvalue weighted by Crippen LogP contribution is -2.15. The first-order chi connectivity index (χ1) is 10.6. The van der Waals surface area contributed by atoms with Gasteiger partial charge < -0.3 is 9.72 Å². The van der Waals surface area contributed by atoms with Crippen LogP contribution in [0.1, 0.15) is 78.6 Å². The molecule has 2 rings (SSSR count). The quantitative estimate of drug-likeness (QED) is 0.666. The first kappa shape index (κ1) is 18.5. The number of hydrogen-bond acceptors (Lipinski definition) is 3. The van der Waals surface area contributed by atoms with Crippen molar-refractivity contribution in [1.29, 1.82) is 0 Å². The van der Waals surface area contributed by atoms with Crippen LogP contribution in [0.3, 0.4) is 0 Å². The Morgan fingerprint density at radius 2 is 1.86 bits per heavy atom. The van der Waals surface area contributed by atoms with Gasteiger partial charge in [0.25, 0.3) is 0 Å². The SMILES string of the molecule is CC.COC(=O)c1c(C=O)[nH]c(CC2CCC(C)CC2)c1C. The van der Waals surface area contributed by atoms with Gasteiger partial charge in [0, 0.05) is 5.69 Å². The van der Waals surface area contributed by atoms with Crippen molar-refractivity contribution in [3.8, 4) is 0 Å². The van der Waals surface area contributed by atoms with Crippen LogP contribution in [0, 0.1) is 18.8 Å². The Morgan fingerprint density at radius 3 is 2.36 bits per heavy atom. The van der Waals surface area contributed by atoms with Crippen LogP contribution in [0.5, 0.6) is 0 Å². The molecule has 1 aromatic rings. The molecule has 22 heavy (non-hydrogen) atoms. The monoisotopic (exact) mass is 307 g/mol. The molecule has 1 N–H and O–H groups in total. The molecule has 0 spiro atoms. The third-order valence-electron chi connectivity index (χ3n) is 4.52. The average Bonchev–Trinajstić information content (AvgIpc) is 2.87. The van der Waals surface area contributed by atoms with Gasteiger partial charge in [0.05, 0.1) is 18.4 Å². The molecule has 0 radical (unpaired) electrons. The van der Waals surface area contributed by atoms with E-state index in [1.807, 2.05) is 20.8 Å². The highest BCUT2D eigenvalue weighted by molar-refractivity contribution is 5.99. The largest absolute Gasteiger partial charge is 0.465 e. The minimum Gasteiger partial charge on any atom is -0.465 e. The van der Waals surface area contributed by atoms with Crippen LogP contribution in [-0.2, 0) is 11.2 Å². The minimum atomic E-state index is -0.440. The second-order valence-electron chi connectivity index (χ2n) is 5.96. The van der Waals surface area contributed by atoms with E-state index in [9.17, 15) is 9.59 Å². The highest BCUT2D eigenvalue weighted by Crippen LogP contribution is 2.32. The van der Waals surface area contributed by atoms with Gasteiger partial charge in [-0.2, -0.15) is 0 Å². The fourth-order valence-electron chi connectivity index (χ4n) is 3.15. The Morgan fingerprint density at radius 1 is 1.27 bits per heavy atom. The summed E-state index contributed by atoms with van der Waals surface area (Å²) in [6.07, 6.45) is 6.61. The maximum atomic E-state index is 11.8. The fourth-order valence-corrected chi connectivity index (χ4v) is 3.15. The maximum Gasteiger partial charge on any atom is 0.340 e. The van der Waals surface area contributed by atoms with E-state index in [1.165, 1.54) is 32.8 Å². The summed E-state index contributed by atoms with van der Waals surface area (Å²) >= 11 is 0. The van der Waals surface area contributed by atoms with Gasteiger partial charge in [-0.3, -0.25) is 4.79 Å². The predicted molar refractivity (Wildman–Crippen MR) is 88.4 cm³/mol. The van der Waals surface area contributed by atoms with E-state index in [2.05, 4.69) is 11.9 Å². The van der Waals surface area contributed by atoms with Crippen molar-refractivity contribution in [2.45, 2.75) is 59.8 Å². The number of hydrogen-bond donors (Lipinski definition) is 1. The van der Waals surface area contributed by atoms with Gasteiger partial charge in [0.15, 0.2) is 6.29 Å². The molecule has 0 atom stereocenters. The van der Waals surface area contributed by atoms with Gasteiger partial charge in [-0.1, -0.05) is 33.6 Å². The molecule has 0 bridgehead atoms. The fraction of sp³-hybridized carbons (Fsp3) is 0.667. The zero-order valence-electron chi connectivity index (χ0n) is 14.5. The van der Waals surface area contributed by atoms with E-state index in [0.717, 1.165) is 23.6 Å². The molecule has 0 aliphatic heterocycles. The highest BCUT2D eigenvalue weighted by atomic mass is 16.5. The molecule has 0 amide bonds. The summed E-state index contributed by atoms with van der Waals surface area (Å²) < 4.78 is 4.76. The van der Waals surface area contributed by atoms with E-state index in [-0.39, 0.29) is 0 Å². The van der Waals surface area contributed by atoms with Crippen molar-refractivity contribution in [3.63, 3.8) is 0 Å². The number of nitrogens with one attached hydrogen (secondary N) is 1. The van der Waals surface area contributed by atoms with Crippen molar-refractivity contribution in [1.82, 2.24) is 4.98 Å². The van der Waals surface area contributed by atoms with Gasteiger partial charge in [-0.25, -0.2) is 4.79 Å². The second kappa shape index (κ2) is 8.76. The number of rotatable bonds is 4. The number of carbonyl (C=O) groups excluding carboxylic acids is 2. The lowest BCUT2D eigenvalue weighted by atomic mass is 9.80. The van der Waals surface area contributed by atoms with Crippen molar-refractivity contribution >= 4 is 12.3 Å². The van der Waals surface area contributed by atoms with Crippen LogP contribution in [-0.4, -0.2) is 24.3 Å². The van der Waals surface area contributed by atoms with E-state index < -0.39 is 5.97 Å². The number of H-pyrrole nitrogens is 1. The summed E-state index contributed by atoms with van der Waals surface area (Å²) in [7, 11) is 1.34. The highest BCUT2D eigenvalue weighted by Gasteiger charge is 2.24. The molecule has 0 aromatic carbocycles. The van der Waals surface area contributed by atoms with Crippen LogP contribution in [0.25, 0.3) is 0 Å². The molecule has 1 heterocycles. The predicted octanol–water partition coefficient (Wildman–Crippen LogP) is 4.32. The van der Waals surface area contributed by atoms with Gasteiger partial charge in [0.2, 0.25) is 0 Å². The Bertz CT molecular complexity index is 497. The van der Waals surface area contributed by atoms with Crippen LogP contribution >= 0.6 is 0 Å². The second-order valence-corrected chi connectivity index (χ2v) is 5.96. The zero-order chi connectivity index (χ0) is 16.7. The molecule has 124 valence electrons. The minimum absolute atomic E-state index is 0.341. The molecular weight excluding hydrogens is 278 g/mol. The smallest absolute Gasteiger partial charge is 0.340 e. The number of aromatic amines is 1. The molecule has 1 aromatic heterocycles. The third-order valence-corrected chi connectivity index (χ3v) is 4.52. The summed E-state index contributed by atoms with van der Waals surface area (Å²) in [6.45, 7) is 8.19. The summed E-state index contributed by atoms with van der Waals surface area (Å²) in [4.78, 5) is 26.0. The Hall–Kier alpha value is -1.58. The van der Waals surface area contributed by atoms with Crippen LogP contribution < -0.4 is 0 Å². The number of ether oxygens (including phenoxy) is 1. The maximum absolute atomic E-state index is 11.8. The van der Waals surface area contributed by atoms with Crippen LogP contribution in [0.15, 0.2) is 0 Å². The standard InChI is InChI=1S/C16H23NO3.C2H6/c1-10-4-6-12(7-5-10)8-13-11(2)15(16(19)20-3)14(9-18)17-13;1-2/h9-10,12,17H,4-8H2,1-3H3;1-2H3. The molecule has 1 aliphatic carbocycles. The van der Waals surface area contributed by atoms with Crippen molar-refractivity contribution in [2.24, 2.45) is 11.8 Å². The van der Waals surface area contributed by atoms with Gasteiger partial charge in [-0.05, 0) is 43.6 Å². The lowest BCUT2D eigenvalue weighted by molar-refractivity contribution is 0.0597. The molecule has 1 fully saturated rings. The number of carbonyl (C=O) groups is 2. The van der Waals surface area contributed by atoms with E-state index in [1.54, 1.807) is 0 Å². The van der Waals surface area contributed by atoms with Gasteiger partial charge >= 0.3 is 5.97 Å². The summed E-state index contributed by atoms with van der Waals surface area (Å²) in [6, 6.07) is 0. The normalized spacial score (nSPS) is 20.8. The molecule has 4 heteroatoms. The first-order valence-electron chi connectivity index (χ1n) is 8.31. The molecule has 0 unspecified atom stereocenters. The summed E-state index contributed by atoms with van der Waals surface area (Å²) in [5, 5.41) is 0. The average molecular weight is 307 g/mol. The topological polar surface area (TPSA) is 59.2 Å². The first-order valence-corrected chi connectivity index (χ1v) is 8.31. The molecular formula is C18H29NO3. The Balaban J connectivity index is 0.00000116.